The molecule has 0 N–H and O–H groups in total. The second-order valence-corrected chi connectivity index (χ2v) is 9.31. The minimum Gasteiger partial charge on any atom is -0.400 e. The summed E-state index contributed by atoms with van der Waals surface area (Å²) in [5.41, 5.74) is 0.122. The Morgan fingerprint density at radius 2 is 1.69 bits per heavy atom. The van der Waals surface area contributed by atoms with E-state index in [1.807, 2.05) is 34.6 Å². The zero-order valence-corrected chi connectivity index (χ0v) is 16.8. The van der Waals surface area contributed by atoms with Crippen LogP contribution >= 0.6 is 0 Å². The fraction of sp³-hybridized carbons (Fsp3) is 0.474. The van der Waals surface area contributed by atoms with Crippen molar-refractivity contribution in [3.63, 3.8) is 0 Å². The van der Waals surface area contributed by atoms with Gasteiger partial charge >= 0.3 is 7.12 Å². The molecule has 2 rings (SSSR count). The largest absolute Gasteiger partial charge is 0.486 e. The Hall–Kier alpha value is -1.59. The standard InChI is InChI=1S/C19H26BNO4S/c1-7-14-21(26(22,23)17-11-9-16(2)10-12-17)15-8-13-20-24-18(3,4)19(5,6)25-20/h1,8-13H,14-15H2,2-6H3/b13-8+. The first kappa shape index (κ1) is 20.7. The molecular formula is C19H26BNO4S. The molecule has 1 saturated heterocycles. The maximum absolute atomic E-state index is 12.8. The number of hydrogen-bond donors (Lipinski definition) is 0. The van der Waals surface area contributed by atoms with Crippen LogP contribution in [0.2, 0.25) is 0 Å². The van der Waals surface area contributed by atoms with Crippen LogP contribution in [0.3, 0.4) is 0 Å². The van der Waals surface area contributed by atoms with Gasteiger partial charge in [-0.2, -0.15) is 4.31 Å². The van der Waals surface area contributed by atoms with Gasteiger partial charge in [-0.1, -0.05) is 35.7 Å². The summed E-state index contributed by atoms with van der Waals surface area (Å²) in [5.74, 6) is 4.14. The van der Waals surface area contributed by atoms with Crippen LogP contribution in [0.15, 0.2) is 41.2 Å². The highest BCUT2D eigenvalue weighted by Gasteiger charge is 2.50. The summed E-state index contributed by atoms with van der Waals surface area (Å²) >= 11 is 0. The molecule has 0 unspecified atom stereocenters. The molecule has 1 fully saturated rings. The molecule has 26 heavy (non-hydrogen) atoms. The normalized spacial score (nSPS) is 19.2. The average molecular weight is 375 g/mol. The Labute approximate surface area is 157 Å². The molecule has 7 heteroatoms. The van der Waals surface area contributed by atoms with E-state index in [1.54, 1.807) is 36.3 Å². The molecule has 0 aromatic heterocycles. The molecule has 0 radical (unpaired) electrons. The van der Waals surface area contributed by atoms with Gasteiger partial charge in [0.05, 0.1) is 22.6 Å². The lowest BCUT2D eigenvalue weighted by atomic mass is 9.90. The van der Waals surface area contributed by atoms with Crippen LogP contribution in [0.25, 0.3) is 0 Å². The van der Waals surface area contributed by atoms with Crippen molar-refractivity contribution in [2.45, 2.75) is 50.7 Å². The average Bonchev–Trinajstić information content (AvgIpc) is 2.74. The molecule has 140 valence electrons. The summed E-state index contributed by atoms with van der Waals surface area (Å²) in [6.45, 7) is 9.90. The fourth-order valence-electron chi connectivity index (χ4n) is 2.47. The molecule has 0 saturated carbocycles. The van der Waals surface area contributed by atoms with Crippen molar-refractivity contribution in [3.8, 4) is 12.3 Å². The van der Waals surface area contributed by atoms with Crippen molar-refractivity contribution in [1.82, 2.24) is 4.31 Å². The van der Waals surface area contributed by atoms with Gasteiger partial charge in [-0.05, 0) is 46.8 Å². The third-order valence-electron chi connectivity index (χ3n) is 4.80. The van der Waals surface area contributed by atoms with Crippen LogP contribution < -0.4 is 0 Å². The Kier molecular flexibility index (Phi) is 6.04. The van der Waals surface area contributed by atoms with Gasteiger partial charge in [0.15, 0.2) is 0 Å². The summed E-state index contributed by atoms with van der Waals surface area (Å²) in [5, 5.41) is 0. The van der Waals surface area contributed by atoms with E-state index in [-0.39, 0.29) is 18.0 Å². The quantitative estimate of drug-likeness (QED) is 0.567. The summed E-state index contributed by atoms with van der Waals surface area (Å²) in [6.07, 6.45) is 7.08. The molecule has 0 amide bonds. The lowest BCUT2D eigenvalue weighted by Crippen LogP contribution is -2.41. The zero-order chi connectivity index (χ0) is 19.6. The number of sulfonamides is 1. The van der Waals surface area contributed by atoms with Crippen molar-refractivity contribution in [3.05, 3.63) is 41.9 Å². The second kappa shape index (κ2) is 7.57. The highest BCUT2D eigenvalue weighted by atomic mass is 32.2. The maximum Gasteiger partial charge on any atom is 0.486 e. The van der Waals surface area contributed by atoms with Gasteiger partial charge < -0.3 is 9.31 Å². The van der Waals surface area contributed by atoms with Crippen LogP contribution in [0.1, 0.15) is 33.3 Å². The van der Waals surface area contributed by atoms with Crippen LogP contribution in [-0.2, 0) is 19.3 Å². The Morgan fingerprint density at radius 3 is 2.19 bits per heavy atom. The Morgan fingerprint density at radius 1 is 1.15 bits per heavy atom. The molecule has 0 spiro atoms. The van der Waals surface area contributed by atoms with Crippen molar-refractivity contribution in [2.75, 3.05) is 13.1 Å². The van der Waals surface area contributed by atoms with Gasteiger partial charge in [-0.25, -0.2) is 8.42 Å². The molecule has 1 aromatic rings. The maximum atomic E-state index is 12.8. The third-order valence-corrected chi connectivity index (χ3v) is 6.63. The molecule has 0 aliphatic carbocycles. The summed E-state index contributed by atoms with van der Waals surface area (Å²) < 4.78 is 38.6. The number of nitrogens with zero attached hydrogens (tertiary/aromatic N) is 1. The predicted octanol–water partition coefficient (Wildman–Crippen LogP) is 2.81. The van der Waals surface area contributed by atoms with E-state index in [9.17, 15) is 8.42 Å². The lowest BCUT2D eigenvalue weighted by Gasteiger charge is -2.32. The smallest absolute Gasteiger partial charge is 0.400 e. The number of rotatable bonds is 6. The third kappa shape index (κ3) is 4.39. The van der Waals surface area contributed by atoms with Gasteiger partial charge in [-0.15, -0.1) is 6.42 Å². The summed E-state index contributed by atoms with van der Waals surface area (Å²) in [6, 6.07) is 6.71. The number of benzene rings is 1. The van der Waals surface area contributed by atoms with Gasteiger partial charge in [0.25, 0.3) is 0 Å². The molecule has 0 atom stereocenters. The SMILES string of the molecule is C#CCN(C/C=C/B1OC(C)(C)C(C)(C)O1)S(=O)(=O)c1ccc(C)cc1. The van der Waals surface area contributed by atoms with Crippen LogP contribution in [0.5, 0.6) is 0 Å². The van der Waals surface area contributed by atoms with E-state index in [4.69, 9.17) is 15.7 Å². The fourth-order valence-corrected chi connectivity index (χ4v) is 3.77. The molecule has 0 bridgehead atoms. The number of terminal acetylenes is 1. The first-order chi connectivity index (χ1) is 12.0. The van der Waals surface area contributed by atoms with Crippen LogP contribution in [0, 0.1) is 19.3 Å². The van der Waals surface area contributed by atoms with Crippen LogP contribution in [-0.4, -0.2) is 44.1 Å². The van der Waals surface area contributed by atoms with E-state index in [1.165, 1.54) is 4.31 Å². The minimum atomic E-state index is -3.66. The molecule has 1 aromatic carbocycles. The van der Waals surface area contributed by atoms with Gasteiger partial charge in [0, 0.05) is 6.54 Å². The molecular weight excluding hydrogens is 349 g/mol. The second-order valence-electron chi connectivity index (χ2n) is 7.37. The highest BCUT2D eigenvalue weighted by Crippen LogP contribution is 2.36. The van der Waals surface area contributed by atoms with Crippen LogP contribution in [0.4, 0.5) is 0 Å². The molecule has 1 heterocycles. The Bertz CT molecular complexity index is 791. The van der Waals surface area contributed by atoms with Gasteiger partial charge in [-0.3, -0.25) is 0 Å². The van der Waals surface area contributed by atoms with E-state index < -0.39 is 28.3 Å². The van der Waals surface area contributed by atoms with Gasteiger partial charge in [0.1, 0.15) is 0 Å². The number of hydrogen-bond acceptors (Lipinski definition) is 4. The topological polar surface area (TPSA) is 55.8 Å². The Balaban J connectivity index is 2.12. The van der Waals surface area contributed by atoms with E-state index >= 15 is 0 Å². The highest BCUT2D eigenvalue weighted by molar-refractivity contribution is 7.89. The molecule has 1 aliphatic rings. The van der Waals surface area contributed by atoms with E-state index in [0.29, 0.717) is 0 Å². The van der Waals surface area contributed by atoms with E-state index in [2.05, 4.69) is 5.92 Å². The zero-order valence-electron chi connectivity index (χ0n) is 16.0. The number of aryl methyl sites for hydroxylation is 1. The molecule has 1 aliphatic heterocycles. The van der Waals surface area contributed by atoms with E-state index in [0.717, 1.165) is 5.56 Å². The lowest BCUT2D eigenvalue weighted by molar-refractivity contribution is 0.00578. The first-order valence-electron chi connectivity index (χ1n) is 8.52. The van der Waals surface area contributed by atoms with Gasteiger partial charge in [0.2, 0.25) is 10.0 Å². The predicted molar refractivity (Wildman–Crippen MR) is 104 cm³/mol. The van der Waals surface area contributed by atoms with Crippen molar-refractivity contribution in [1.29, 1.82) is 0 Å². The van der Waals surface area contributed by atoms with Crippen molar-refractivity contribution in [2.24, 2.45) is 0 Å². The first-order valence-corrected chi connectivity index (χ1v) is 9.96. The monoisotopic (exact) mass is 375 g/mol. The molecule has 5 nitrogen and oxygen atoms in total. The van der Waals surface area contributed by atoms with Crippen molar-refractivity contribution < 1.29 is 17.7 Å². The summed E-state index contributed by atoms with van der Waals surface area (Å²) in [4.78, 5) is 0.224. The summed E-state index contributed by atoms with van der Waals surface area (Å²) in [7, 11) is -4.18. The van der Waals surface area contributed by atoms with Crippen molar-refractivity contribution >= 4 is 17.1 Å². The minimum absolute atomic E-state index is 0.0100.